The minimum absolute atomic E-state index is 0.861. The van der Waals surface area contributed by atoms with E-state index in [1.54, 1.807) is 0 Å². The van der Waals surface area contributed by atoms with Crippen molar-refractivity contribution < 1.29 is 0 Å². The van der Waals surface area contributed by atoms with Crippen LogP contribution in [0.4, 0.5) is 0 Å². The molecule has 0 spiro atoms. The van der Waals surface area contributed by atoms with Crippen LogP contribution in [0.5, 0.6) is 0 Å². The van der Waals surface area contributed by atoms with E-state index in [9.17, 15) is 0 Å². The van der Waals surface area contributed by atoms with E-state index in [2.05, 4.69) is 130 Å². The van der Waals surface area contributed by atoms with E-state index in [-0.39, 0.29) is 0 Å². The quantitative estimate of drug-likeness (QED) is 0.186. The molecule has 0 bridgehead atoms. The van der Waals surface area contributed by atoms with Crippen LogP contribution in [0.2, 0.25) is 0 Å². The molecule has 0 aliphatic heterocycles. The zero-order valence-corrected chi connectivity index (χ0v) is 23.5. The lowest BCUT2D eigenvalue weighted by atomic mass is 10.0. The number of para-hydroxylation sites is 3. The first-order valence-corrected chi connectivity index (χ1v) is 15.0. The van der Waals surface area contributed by atoms with Gasteiger partial charge in [0.2, 0.25) is 0 Å². The standard InChI is InChI=1S/C40H22N4/c1-3-11-25-23(9-1)17-21-33-35(25)28-19-20-29-36-26-12-4-2-10-24(26)18-22-34(36)44-39(29)38(28)43(33)32-16-8-5-13-27(32)37-40(44)42-31-15-7-6-14-30(31)41-37/h1-22H. The zero-order valence-electron chi connectivity index (χ0n) is 23.5. The lowest BCUT2D eigenvalue weighted by Crippen LogP contribution is -1.98. The summed E-state index contributed by atoms with van der Waals surface area (Å²) in [5.41, 5.74) is 9.33. The van der Waals surface area contributed by atoms with Gasteiger partial charge in [-0.2, -0.15) is 0 Å². The summed E-state index contributed by atoms with van der Waals surface area (Å²) in [7, 11) is 0. The Balaban J connectivity index is 1.60. The fourth-order valence-corrected chi connectivity index (χ4v) is 7.80. The summed E-state index contributed by atoms with van der Waals surface area (Å²) in [5, 5.41) is 11.0. The van der Waals surface area contributed by atoms with Crippen molar-refractivity contribution in [2.24, 2.45) is 0 Å². The summed E-state index contributed by atoms with van der Waals surface area (Å²) >= 11 is 0. The van der Waals surface area contributed by atoms with Crippen molar-refractivity contribution in [1.82, 2.24) is 18.8 Å². The van der Waals surface area contributed by atoms with Crippen LogP contribution in [0.1, 0.15) is 0 Å². The number of hydrogen-bond acceptors (Lipinski definition) is 2. The fraction of sp³-hybridized carbons (Fsp3) is 0. The Morgan fingerprint density at radius 3 is 1.57 bits per heavy atom. The van der Waals surface area contributed by atoms with Crippen molar-refractivity contribution in [2.75, 3.05) is 0 Å². The van der Waals surface area contributed by atoms with Gasteiger partial charge < -0.3 is 4.40 Å². The number of nitrogens with zero attached hydrogens (tertiary/aromatic N) is 4. The van der Waals surface area contributed by atoms with E-state index in [1.165, 1.54) is 54.1 Å². The third kappa shape index (κ3) is 2.65. The largest absolute Gasteiger partial charge is 0.306 e. The van der Waals surface area contributed by atoms with Gasteiger partial charge in [0.05, 0.1) is 38.6 Å². The Kier molecular flexibility index (Phi) is 4.04. The maximum Gasteiger partial charge on any atom is 0.165 e. The topological polar surface area (TPSA) is 34.6 Å². The molecule has 0 atom stereocenters. The molecule has 0 N–H and O–H groups in total. The number of benzene rings is 7. The van der Waals surface area contributed by atoms with Crippen LogP contribution >= 0.6 is 0 Å². The Labute approximate surface area is 250 Å². The number of rotatable bonds is 0. The van der Waals surface area contributed by atoms with Gasteiger partial charge in [0.15, 0.2) is 5.65 Å². The molecule has 0 unspecified atom stereocenters. The molecule has 11 rings (SSSR count). The van der Waals surface area contributed by atoms with E-state index in [0.29, 0.717) is 0 Å². The minimum Gasteiger partial charge on any atom is -0.306 e. The van der Waals surface area contributed by atoms with Gasteiger partial charge in [-0.15, -0.1) is 0 Å². The van der Waals surface area contributed by atoms with Crippen molar-refractivity contribution >= 4 is 98.3 Å². The molecule has 0 aliphatic carbocycles. The second kappa shape index (κ2) is 7.88. The van der Waals surface area contributed by atoms with E-state index < -0.39 is 0 Å². The lowest BCUT2D eigenvalue weighted by molar-refractivity contribution is 1.24. The molecule has 0 aliphatic rings. The summed E-state index contributed by atoms with van der Waals surface area (Å²) in [6.07, 6.45) is 0. The van der Waals surface area contributed by atoms with E-state index in [0.717, 1.165) is 44.1 Å². The molecule has 11 aromatic rings. The highest BCUT2D eigenvalue weighted by molar-refractivity contribution is 6.31. The molecule has 7 aromatic carbocycles. The Bertz CT molecular complexity index is 3050. The summed E-state index contributed by atoms with van der Waals surface area (Å²) < 4.78 is 4.87. The van der Waals surface area contributed by atoms with Gasteiger partial charge in [0.25, 0.3) is 0 Å². The zero-order chi connectivity index (χ0) is 28.5. The average Bonchev–Trinajstić information content (AvgIpc) is 3.60. The molecule has 4 heteroatoms. The van der Waals surface area contributed by atoms with Crippen LogP contribution in [0, 0.1) is 0 Å². The van der Waals surface area contributed by atoms with Crippen LogP contribution in [0.15, 0.2) is 133 Å². The van der Waals surface area contributed by atoms with Gasteiger partial charge in [0.1, 0.15) is 5.52 Å². The summed E-state index contributed by atoms with van der Waals surface area (Å²) in [6.45, 7) is 0. The number of fused-ring (bicyclic) bond motifs is 16. The molecule has 44 heavy (non-hydrogen) atoms. The molecule has 0 saturated heterocycles. The lowest BCUT2D eigenvalue weighted by Gasteiger charge is -2.10. The molecule has 0 radical (unpaired) electrons. The molecule has 4 aromatic heterocycles. The maximum atomic E-state index is 5.40. The first kappa shape index (κ1) is 22.6. The van der Waals surface area contributed by atoms with Crippen molar-refractivity contribution in [3.8, 4) is 0 Å². The average molecular weight is 559 g/mol. The van der Waals surface area contributed by atoms with Crippen LogP contribution in [0.3, 0.4) is 0 Å². The van der Waals surface area contributed by atoms with Crippen molar-refractivity contribution in [1.29, 1.82) is 0 Å². The Hall–Kier alpha value is -6.00. The molecule has 0 saturated carbocycles. The first-order chi connectivity index (χ1) is 21.8. The van der Waals surface area contributed by atoms with Crippen LogP contribution in [-0.4, -0.2) is 18.8 Å². The third-order valence-electron chi connectivity index (χ3n) is 9.60. The highest BCUT2D eigenvalue weighted by Crippen LogP contribution is 2.44. The van der Waals surface area contributed by atoms with Crippen molar-refractivity contribution in [2.45, 2.75) is 0 Å². The summed E-state index contributed by atoms with van der Waals surface area (Å²) in [5.74, 6) is 0. The van der Waals surface area contributed by atoms with Gasteiger partial charge in [-0.25, -0.2) is 9.97 Å². The van der Waals surface area contributed by atoms with Crippen LogP contribution in [0.25, 0.3) is 98.3 Å². The highest BCUT2D eigenvalue weighted by atomic mass is 15.0. The molecular weight excluding hydrogens is 536 g/mol. The molecule has 0 fully saturated rings. The second-order valence-electron chi connectivity index (χ2n) is 11.8. The minimum atomic E-state index is 0.861. The Morgan fingerprint density at radius 1 is 0.364 bits per heavy atom. The highest BCUT2D eigenvalue weighted by Gasteiger charge is 2.23. The van der Waals surface area contributed by atoms with E-state index in [1.807, 2.05) is 12.1 Å². The summed E-state index contributed by atoms with van der Waals surface area (Å²) in [4.78, 5) is 10.7. The van der Waals surface area contributed by atoms with Gasteiger partial charge in [-0.3, -0.25) is 4.40 Å². The molecular formula is C40H22N4. The third-order valence-corrected chi connectivity index (χ3v) is 9.60. The molecule has 4 nitrogen and oxygen atoms in total. The number of aromatic nitrogens is 4. The Morgan fingerprint density at radius 2 is 0.886 bits per heavy atom. The second-order valence-corrected chi connectivity index (χ2v) is 11.8. The van der Waals surface area contributed by atoms with Crippen LogP contribution in [-0.2, 0) is 0 Å². The number of hydrogen-bond donors (Lipinski definition) is 0. The monoisotopic (exact) mass is 558 g/mol. The molecule has 4 heterocycles. The normalized spacial score (nSPS) is 12.5. The van der Waals surface area contributed by atoms with E-state index >= 15 is 0 Å². The molecule has 202 valence electrons. The predicted molar refractivity (Wildman–Crippen MR) is 184 cm³/mol. The van der Waals surface area contributed by atoms with Crippen LogP contribution < -0.4 is 0 Å². The maximum absolute atomic E-state index is 5.40. The fourth-order valence-electron chi connectivity index (χ4n) is 7.80. The van der Waals surface area contributed by atoms with Crippen molar-refractivity contribution in [3.63, 3.8) is 0 Å². The van der Waals surface area contributed by atoms with Gasteiger partial charge in [-0.05, 0) is 51.9 Å². The van der Waals surface area contributed by atoms with Gasteiger partial charge in [0, 0.05) is 26.9 Å². The SMILES string of the molecule is c1ccc2c(c1)ccc1c2c2ccc3c4c5ccccc5ccc4n4c5nc6ccccc6nc5c5ccccc5n1c2c34. The molecule has 0 amide bonds. The first-order valence-electron chi connectivity index (χ1n) is 15.0. The predicted octanol–water partition coefficient (Wildman–Crippen LogP) is 10.2. The smallest absolute Gasteiger partial charge is 0.165 e. The summed E-state index contributed by atoms with van der Waals surface area (Å²) in [6, 6.07) is 48.0. The van der Waals surface area contributed by atoms with Crippen molar-refractivity contribution in [3.05, 3.63) is 133 Å². The van der Waals surface area contributed by atoms with Gasteiger partial charge in [-0.1, -0.05) is 103 Å². The van der Waals surface area contributed by atoms with Gasteiger partial charge >= 0.3 is 0 Å². The van der Waals surface area contributed by atoms with E-state index in [4.69, 9.17) is 9.97 Å².